The molecule has 0 spiro atoms. The molecule has 0 aliphatic carbocycles. The van der Waals surface area contributed by atoms with Gasteiger partial charge < -0.3 is 14.4 Å². The van der Waals surface area contributed by atoms with Gasteiger partial charge in [0.15, 0.2) is 17.5 Å². The Morgan fingerprint density at radius 3 is 1.40 bits per heavy atom. The van der Waals surface area contributed by atoms with Crippen molar-refractivity contribution in [3.63, 3.8) is 0 Å². The quantitative estimate of drug-likeness (QED) is 0.135. The summed E-state index contributed by atoms with van der Waals surface area (Å²) in [5.41, 5.74) is 24.9. The van der Waals surface area contributed by atoms with Gasteiger partial charge in [-0.2, -0.15) is 0 Å². The highest BCUT2D eigenvalue weighted by atomic mass is 15.2. The third kappa shape index (κ3) is 8.53. The lowest BCUT2D eigenvalue weighted by Crippen LogP contribution is -2.61. The third-order valence-corrected chi connectivity index (χ3v) is 17.4. The Morgan fingerprint density at radius 1 is 0.314 bits per heavy atom. The normalized spacial score (nSPS) is 12.5. The van der Waals surface area contributed by atoms with Crippen molar-refractivity contribution in [3.8, 4) is 73.2 Å². The van der Waals surface area contributed by atoms with Gasteiger partial charge in [-0.3, -0.25) is 0 Å². The van der Waals surface area contributed by atoms with Crippen LogP contribution in [0.15, 0.2) is 291 Å². The predicted molar refractivity (Wildman–Crippen MR) is 360 cm³/mol. The first kappa shape index (κ1) is 50.8. The first-order chi connectivity index (χ1) is 42.3. The van der Waals surface area contributed by atoms with Crippen molar-refractivity contribution in [1.82, 2.24) is 19.5 Å². The largest absolute Gasteiger partial charge is 0.311 e. The van der Waals surface area contributed by atoms with Crippen molar-refractivity contribution in [2.24, 2.45) is 0 Å². The molecule has 0 unspecified atom stereocenters. The van der Waals surface area contributed by atoms with E-state index in [1.807, 2.05) is 36.4 Å². The van der Waals surface area contributed by atoms with E-state index in [1.54, 1.807) is 0 Å². The van der Waals surface area contributed by atoms with Crippen LogP contribution in [0.1, 0.15) is 26.3 Å². The molecule has 0 radical (unpaired) electrons. The fourth-order valence-electron chi connectivity index (χ4n) is 13.3. The van der Waals surface area contributed by atoms with E-state index < -0.39 is 0 Å². The minimum absolute atomic E-state index is 0.0397. The maximum atomic E-state index is 5.36. The van der Waals surface area contributed by atoms with Gasteiger partial charge in [-0.05, 0) is 140 Å². The van der Waals surface area contributed by atoms with Crippen molar-refractivity contribution in [2.75, 3.05) is 9.80 Å². The lowest BCUT2D eigenvalue weighted by molar-refractivity contribution is 0.591. The van der Waals surface area contributed by atoms with Gasteiger partial charge in [-0.1, -0.05) is 227 Å². The number of nitrogens with zero attached hydrogens (tertiary/aromatic N) is 6. The van der Waals surface area contributed by atoms with Crippen LogP contribution in [0.5, 0.6) is 0 Å². The van der Waals surface area contributed by atoms with E-state index >= 15 is 0 Å². The average Bonchev–Trinajstić information content (AvgIpc) is 0.848. The first-order valence-electron chi connectivity index (χ1n) is 29.6. The molecule has 0 amide bonds. The molecule has 0 N–H and O–H groups in total. The zero-order chi connectivity index (χ0) is 57.5. The maximum absolute atomic E-state index is 5.36. The molecule has 12 aromatic carbocycles. The zero-order valence-corrected chi connectivity index (χ0v) is 48.0. The van der Waals surface area contributed by atoms with Gasteiger partial charge in [0.25, 0.3) is 6.71 Å². The minimum atomic E-state index is -0.0397. The van der Waals surface area contributed by atoms with Gasteiger partial charge in [-0.15, -0.1) is 0 Å². The van der Waals surface area contributed by atoms with E-state index in [-0.39, 0.29) is 12.1 Å². The van der Waals surface area contributed by atoms with E-state index in [4.69, 9.17) is 15.0 Å². The van der Waals surface area contributed by atoms with Crippen molar-refractivity contribution in [1.29, 1.82) is 0 Å². The monoisotopic (exact) mass is 1100 g/mol. The number of fused-ring (bicyclic) bond motifs is 7. The molecular weight excluding hydrogens is 1040 g/mol. The molecule has 6 nitrogen and oxygen atoms in total. The lowest BCUT2D eigenvalue weighted by atomic mass is 9.33. The Morgan fingerprint density at radius 2 is 0.767 bits per heavy atom. The highest BCUT2D eigenvalue weighted by molar-refractivity contribution is 7.00. The second kappa shape index (κ2) is 20.5. The summed E-state index contributed by atoms with van der Waals surface area (Å²) >= 11 is 0. The fraction of sp³-hybridized carbons (Fsp3) is 0.0506. The fourth-order valence-corrected chi connectivity index (χ4v) is 13.3. The molecule has 14 aromatic rings. The molecule has 0 atom stereocenters. The Balaban J connectivity index is 0.811. The maximum Gasteiger partial charge on any atom is 0.252 e. The van der Waals surface area contributed by atoms with E-state index in [9.17, 15) is 0 Å². The van der Waals surface area contributed by atoms with Crippen LogP contribution in [-0.4, -0.2) is 26.2 Å². The van der Waals surface area contributed by atoms with Crippen molar-refractivity contribution >= 4 is 79.0 Å². The van der Waals surface area contributed by atoms with Crippen LogP contribution in [-0.2, 0) is 5.41 Å². The minimum Gasteiger partial charge on any atom is -0.311 e. The van der Waals surface area contributed by atoms with E-state index in [0.717, 1.165) is 78.2 Å². The van der Waals surface area contributed by atoms with Gasteiger partial charge in [0, 0.05) is 67.2 Å². The first-order valence-corrected chi connectivity index (χ1v) is 29.6. The number of benzene rings is 12. The highest BCUT2D eigenvalue weighted by Gasteiger charge is 2.43. The molecule has 2 aliphatic rings. The Hall–Kier alpha value is -10.9. The summed E-state index contributed by atoms with van der Waals surface area (Å²) in [6.45, 7) is 6.94. The van der Waals surface area contributed by atoms with Gasteiger partial charge in [0.05, 0.1) is 16.7 Å². The molecule has 0 saturated carbocycles. The van der Waals surface area contributed by atoms with Gasteiger partial charge in [0.2, 0.25) is 0 Å². The van der Waals surface area contributed by atoms with Crippen LogP contribution in [0, 0.1) is 0 Å². The highest BCUT2D eigenvalue weighted by Crippen LogP contribution is 2.46. The summed E-state index contributed by atoms with van der Waals surface area (Å²) in [5, 5.41) is 2.39. The number of hydrogen-bond donors (Lipinski definition) is 0. The Bertz CT molecular complexity index is 4880. The second-order valence-corrected chi connectivity index (χ2v) is 23.5. The van der Waals surface area contributed by atoms with Crippen LogP contribution in [0.25, 0.3) is 95.0 Å². The molecule has 2 aromatic heterocycles. The predicted octanol–water partition coefficient (Wildman–Crippen LogP) is 18.4. The molecule has 2 aliphatic heterocycles. The molecule has 86 heavy (non-hydrogen) atoms. The summed E-state index contributed by atoms with van der Waals surface area (Å²) in [4.78, 5) is 20.7. The van der Waals surface area contributed by atoms with Crippen LogP contribution in [0.2, 0.25) is 0 Å². The van der Waals surface area contributed by atoms with E-state index in [1.165, 1.54) is 55.5 Å². The van der Waals surface area contributed by atoms with Crippen molar-refractivity contribution < 1.29 is 0 Å². The molecule has 406 valence electrons. The molecular formula is C79H57BN6. The van der Waals surface area contributed by atoms with Crippen LogP contribution < -0.4 is 26.2 Å². The second-order valence-electron chi connectivity index (χ2n) is 23.5. The van der Waals surface area contributed by atoms with Gasteiger partial charge in [-0.25, -0.2) is 15.0 Å². The number of hydrogen-bond acceptors (Lipinski definition) is 5. The van der Waals surface area contributed by atoms with Crippen LogP contribution in [0.4, 0.5) is 34.1 Å². The van der Waals surface area contributed by atoms with Crippen molar-refractivity contribution in [3.05, 3.63) is 297 Å². The third-order valence-electron chi connectivity index (χ3n) is 17.4. The number of rotatable bonds is 9. The molecule has 4 heterocycles. The Kier molecular flexibility index (Phi) is 12.1. The van der Waals surface area contributed by atoms with Crippen molar-refractivity contribution in [2.45, 2.75) is 26.2 Å². The summed E-state index contributed by atoms with van der Waals surface area (Å²) in [6.07, 6.45) is 0. The van der Waals surface area contributed by atoms with Crippen LogP contribution >= 0.6 is 0 Å². The molecule has 7 heteroatoms. The molecule has 0 saturated heterocycles. The lowest BCUT2D eigenvalue weighted by Gasteiger charge is -2.44. The molecule has 16 rings (SSSR count). The summed E-state index contributed by atoms with van der Waals surface area (Å²) in [5.74, 6) is 1.83. The number of aromatic nitrogens is 4. The topological polar surface area (TPSA) is 50.1 Å². The summed E-state index contributed by atoms with van der Waals surface area (Å²) in [6, 6.07) is 105. The Labute approximate surface area is 501 Å². The average molecular weight is 1100 g/mol. The van der Waals surface area contributed by atoms with Gasteiger partial charge in [0.1, 0.15) is 0 Å². The molecule has 0 fully saturated rings. The van der Waals surface area contributed by atoms with E-state index in [2.05, 4.69) is 290 Å². The summed E-state index contributed by atoms with van der Waals surface area (Å²) in [7, 11) is 0. The number of para-hydroxylation sites is 5. The van der Waals surface area contributed by atoms with Gasteiger partial charge >= 0.3 is 0 Å². The van der Waals surface area contributed by atoms with Crippen LogP contribution in [0.3, 0.4) is 0 Å². The van der Waals surface area contributed by atoms with E-state index in [0.29, 0.717) is 17.5 Å². The standard InChI is InChI=1S/C79H57BN6/c1-79(2,3)59-45-48-69-65(51-59)63-33-13-16-38-68(63)86(69)75-62(34-21-35-64(75)78-82-76(53-23-7-4-8-24-53)81-77(83-78)54-25-9-5-10-26-54)58-30-20-29-57(50-58)56-28-19-27-55(49-56)52-43-46-61(47-44-52)85-71-40-18-15-37-67(71)80-66-36-14-17-39-70(66)84(60-31-11-6-12-32-60)72-41-22-42-73(85)74(72)80/h4-51H,1-3H3. The molecule has 0 bridgehead atoms. The zero-order valence-electron chi connectivity index (χ0n) is 48.0. The smallest absolute Gasteiger partial charge is 0.252 e. The summed E-state index contributed by atoms with van der Waals surface area (Å²) < 4.78 is 2.44. The number of anilines is 6. The SMILES string of the molecule is CC(C)(C)c1ccc2c(c1)c1ccccc1n2-c1c(-c2cccc(-c3cccc(-c4ccc(N5c6ccccc6B6c7ccccc7N(c7ccccc7)c7cccc5c76)cc4)c3)c2)cccc1-c1nc(-c2ccccc2)nc(-c2ccccc2)n1.